The van der Waals surface area contributed by atoms with Gasteiger partial charge < -0.3 is 10.2 Å². The first-order valence-corrected chi connectivity index (χ1v) is 11.9. The van der Waals surface area contributed by atoms with Crippen molar-refractivity contribution >= 4 is 21.8 Å². The number of nitrogens with one attached hydrogen (secondary N) is 1. The lowest BCUT2D eigenvalue weighted by Crippen LogP contribution is -2.51. The number of rotatable bonds is 10. The predicted octanol–water partition coefficient (Wildman–Crippen LogP) is 2.70. The van der Waals surface area contributed by atoms with Crippen LogP contribution >= 0.6 is 0 Å². The van der Waals surface area contributed by atoms with E-state index in [1.54, 1.807) is 26.0 Å². The highest BCUT2D eigenvalue weighted by Crippen LogP contribution is 2.17. The number of aryl methyl sites for hydroxylation is 1. The first kappa shape index (κ1) is 25.5. The minimum Gasteiger partial charge on any atom is -0.355 e. The summed E-state index contributed by atoms with van der Waals surface area (Å²) in [5.41, 5.74) is 1.55. The standard InChI is InChI=1S/C23H30FN3O4S/c1-5-21(23(29)25-6-2)27(15-18-9-11-19(24)12-10-18)22(28)16-26(4)32(30,31)20-13-7-17(3)8-14-20/h7-14,21H,5-6,15-16H2,1-4H3,(H,25,29). The zero-order chi connectivity index (χ0) is 23.9. The van der Waals surface area contributed by atoms with Crippen molar-refractivity contribution in [2.45, 2.75) is 44.7 Å². The van der Waals surface area contributed by atoms with Gasteiger partial charge in [0.25, 0.3) is 0 Å². The molecule has 0 heterocycles. The van der Waals surface area contributed by atoms with E-state index in [0.29, 0.717) is 18.5 Å². The Morgan fingerprint density at radius 3 is 2.16 bits per heavy atom. The molecule has 32 heavy (non-hydrogen) atoms. The molecule has 1 unspecified atom stereocenters. The molecule has 9 heteroatoms. The molecule has 0 fully saturated rings. The highest BCUT2D eigenvalue weighted by Gasteiger charge is 2.31. The van der Waals surface area contributed by atoms with Crippen molar-refractivity contribution in [1.82, 2.24) is 14.5 Å². The van der Waals surface area contributed by atoms with Gasteiger partial charge >= 0.3 is 0 Å². The Kier molecular flexibility index (Phi) is 8.91. The van der Waals surface area contributed by atoms with Crippen LogP contribution in [0.3, 0.4) is 0 Å². The quantitative estimate of drug-likeness (QED) is 0.587. The topological polar surface area (TPSA) is 86.8 Å². The Labute approximate surface area is 189 Å². The van der Waals surface area contributed by atoms with E-state index in [0.717, 1.165) is 9.87 Å². The van der Waals surface area contributed by atoms with Crippen molar-refractivity contribution < 1.29 is 22.4 Å². The van der Waals surface area contributed by atoms with Crippen molar-refractivity contribution in [2.24, 2.45) is 0 Å². The maximum Gasteiger partial charge on any atom is 0.243 e. The highest BCUT2D eigenvalue weighted by atomic mass is 32.2. The molecule has 0 saturated heterocycles. The Hall–Kier alpha value is -2.78. The average Bonchev–Trinajstić information content (AvgIpc) is 2.75. The molecule has 2 aromatic carbocycles. The minimum atomic E-state index is -3.89. The Balaban J connectivity index is 2.30. The second kappa shape index (κ2) is 11.2. The minimum absolute atomic E-state index is 0.0488. The van der Waals surface area contributed by atoms with Crippen LogP contribution in [0.15, 0.2) is 53.4 Å². The van der Waals surface area contributed by atoms with E-state index >= 15 is 0 Å². The van der Waals surface area contributed by atoms with E-state index in [1.807, 2.05) is 6.92 Å². The Morgan fingerprint density at radius 1 is 1.03 bits per heavy atom. The molecule has 2 rings (SSSR count). The zero-order valence-electron chi connectivity index (χ0n) is 18.8. The molecule has 0 aromatic heterocycles. The summed E-state index contributed by atoms with van der Waals surface area (Å²) in [6, 6.07) is 11.2. The fourth-order valence-electron chi connectivity index (χ4n) is 3.25. The van der Waals surface area contributed by atoms with E-state index in [1.165, 1.54) is 48.3 Å². The first-order valence-electron chi connectivity index (χ1n) is 10.4. The summed E-state index contributed by atoms with van der Waals surface area (Å²) in [5.74, 6) is -1.26. The normalized spacial score (nSPS) is 12.4. The van der Waals surface area contributed by atoms with Gasteiger partial charge in [0.2, 0.25) is 21.8 Å². The van der Waals surface area contributed by atoms with Crippen molar-refractivity contribution in [3.05, 3.63) is 65.5 Å². The van der Waals surface area contributed by atoms with E-state index in [9.17, 15) is 22.4 Å². The maximum absolute atomic E-state index is 13.3. The van der Waals surface area contributed by atoms with Crippen molar-refractivity contribution in [3.8, 4) is 0 Å². The third-order valence-corrected chi connectivity index (χ3v) is 6.91. The summed E-state index contributed by atoms with van der Waals surface area (Å²) < 4.78 is 40.1. The number of nitrogens with zero attached hydrogens (tertiary/aromatic N) is 2. The molecule has 2 amide bonds. The lowest BCUT2D eigenvalue weighted by molar-refractivity contribution is -0.141. The van der Waals surface area contributed by atoms with Crippen molar-refractivity contribution in [3.63, 3.8) is 0 Å². The van der Waals surface area contributed by atoms with Gasteiger partial charge in [0.15, 0.2) is 0 Å². The van der Waals surface area contributed by atoms with Crippen LogP contribution in [0.5, 0.6) is 0 Å². The van der Waals surface area contributed by atoms with Gasteiger partial charge in [0, 0.05) is 20.1 Å². The van der Waals surface area contributed by atoms with Crippen molar-refractivity contribution in [1.29, 1.82) is 0 Å². The van der Waals surface area contributed by atoms with E-state index < -0.39 is 34.3 Å². The molecular weight excluding hydrogens is 433 g/mol. The molecule has 2 aromatic rings. The fourth-order valence-corrected chi connectivity index (χ4v) is 4.37. The molecule has 0 spiro atoms. The van der Waals surface area contributed by atoms with Crippen LogP contribution < -0.4 is 5.32 Å². The number of hydrogen-bond acceptors (Lipinski definition) is 4. The highest BCUT2D eigenvalue weighted by molar-refractivity contribution is 7.89. The van der Waals surface area contributed by atoms with Gasteiger partial charge in [-0.25, -0.2) is 12.8 Å². The lowest BCUT2D eigenvalue weighted by Gasteiger charge is -2.31. The monoisotopic (exact) mass is 463 g/mol. The number of benzene rings is 2. The van der Waals surface area contributed by atoms with Crippen LogP contribution in [0.2, 0.25) is 0 Å². The summed E-state index contributed by atoms with van der Waals surface area (Å²) >= 11 is 0. The average molecular weight is 464 g/mol. The van der Waals surface area contributed by atoms with E-state index in [4.69, 9.17) is 0 Å². The van der Waals surface area contributed by atoms with Gasteiger partial charge in [-0.2, -0.15) is 4.31 Å². The summed E-state index contributed by atoms with van der Waals surface area (Å²) in [7, 11) is -2.56. The summed E-state index contributed by atoms with van der Waals surface area (Å²) in [5, 5.41) is 2.72. The Morgan fingerprint density at radius 2 is 1.62 bits per heavy atom. The van der Waals surface area contributed by atoms with Crippen LogP contribution in [0.25, 0.3) is 0 Å². The second-order valence-corrected chi connectivity index (χ2v) is 9.59. The third-order valence-electron chi connectivity index (χ3n) is 5.09. The van der Waals surface area contributed by atoms with Gasteiger partial charge in [-0.1, -0.05) is 36.8 Å². The summed E-state index contributed by atoms with van der Waals surface area (Å²) in [6.07, 6.45) is 0.340. The molecule has 0 aliphatic carbocycles. The molecule has 0 aliphatic heterocycles. The maximum atomic E-state index is 13.3. The van der Waals surface area contributed by atoms with Crippen LogP contribution in [-0.4, -0.2) is 55.6 Å². The molecule has 1 atom stereocenters. The number of likely N-dealkylation sites (N-methyl/N-ethyl adjacent to an activating group) is 2. The van der Waals surface area contributed by atoms with Crippen LogP contribution in [0, 0.1) is 12.7 Å². The predicted molar refractivity (Wildman–Crippen MR) is 121 cm³/mol. The SMILES string of the molecule is CCNC(=O)C(CC)N(Cc1ccc(F)cc1)C(=O)CN(C)S(=O)(=O)c1ccc(C)cc1. The third kappa shape index (κ3) is 6.37. The smallest absolute Gasteiger partial charge is 0.243 e. The molecule has 1 N–H and O–H groups in total. The van der Waals surface area contributed by atoms with Gasteiger partial charge in [-0.3, -0.25) is 9.59 Å². The summed E-state index contributed by atoms with van der Waals surface area (Å²) in [6.45, 7) is 5.41. The van der Waals surface area contributed by atoms with Gasteiger partial charge in [-0.15, -0.1) is 0 Å². The largest absolute Gasteiger partial charge is 0.355 e. The van der Waals surface area contributed by atoms with Crippen molar-refractivity contribution in [2.75, 3.05) is 20.1 Å². The number of halogens is 1. The number of hydrogen-bond donors (Lipinski definition) is 1. The number of carbonyl (C=O) groups is 2. The molecule has 7 nitrogen and oxygen atoms in total. The molecule has 0 aliphatic rings. The van der Waals surface area contributed by atoms with Crippen LogP contribution in [-0.2, 0) is 26.2 Å². The molecule has 174 valence electrons. The Bertz CT molecular complexity index is 1020. The number of sulfonamides is 1. The van der Waals surface area contributed by atoms with Gasteiger partial charge in [0.05, 0.1) is 11.4 Å². The lowest BCUT2D eigenvalue weighted by atomic mass is 10.1. The first-order chi connectivity index (χ1) is 15.1. The van der Waals surface area contributed by atoms with Gasteiger partial charge in [-0.05, 0) is 50.1 Å². The summed E-state index contributed by atoms with van der Waals surface area (Å²) in [4.78, 5) is 27.3. The molecule has 0 radical (unpaired) electrons. The zero-order valence-corrected chi connectivity index (χ0v) is 19.7. The van der Waals surface area contributed by atoms with E-state index in [-0.39, 0.29) is 17.3 Å². The van der Waals surface area contributed by atoms with E-state index in [2.05, 4.69) is 5.32 Å². The number of amides is 2. The molecular formula is C23H30FN3O4S. The molecule has 0 bridgehead atoms. The van der Waals surface area contributed by atoms with Crippen LogP contribution in [0.4, 0.5) is 4.39 Å². The molecule has 0 saturated carbocycles. The fraction of sp³-hybridized carbons (Fsp3) is 0.391. The second-order valence-electron chi connectivity index (χ2n) is 7.54. The number of carbonyl (C=O) groups excluding carboxylic acids is 2. The van der Waals surface area contributed by atoms with Gasteiger partial charge in [0.1, 0.15) is 11.9 Å². The van der Waals surface area contributed by atoms with Crippen LogP contribution in [0.1, 0.15) is 31.4 Å².